The molecule has 1 nitrogen and oxygen atoms in total. The van der Waals surface area contributed by atoms with Crippen molar-refractivity contribution >= 4 is 0 Å². The molecule has 0 amide bonds. The lowest BCUT2D eigenvalue weighted by atomic mass is 9.98. The van der Waals surface area contributed by atoms with Crippen LogP contribution in [0.2, 0.25) is 0 Å². The summed E-state index contributed by atoms with van der Waals surface area (Å²) in [5, 5.41) is 0. The van der Waals surface area contributed by atoms with Crippen LogP contribution in [0.15, 0.2) is 12.2 Å². The van der Waals surface area contributed by atoms with Crippen molar-refractivity contribution in [1.29, 1.82) is 0 Å². The van der Waals surface area contributed by atoms with Gasteiger partial charge in [-0.3, -0.25) is 0 Å². The molecule has 0 bridgehead atoms. The van der Waals surface area contributed by atoms with Gasteiger partial charge in [-0.1, -0.05) is 32.4 Å². The van der Waals surface area contributed by atoms with Crippen LogP contribution in [0.5, 0.6) is 0 Å². The molecule has 0 radical (unpaired) electrons. The lowest BCUT2D eigenvalue weighted by Gasteiger charge is -2.33. The predicted octanol–water partition coefficient (Wildman–Crippen LogP) is 4.63. The van der Waals surface area contributed by atoms with Crippen molar-refractivity contribution in [2.24, 2.45) is 5.92 Å². The first-order valence-electron chi connectivity index (χ1n) is 7.52. The number of rotatable bonds is 6. The third-order valence-electron chi connectivity index (χ3n) is 4.53. The molecule has 1 aliphatic rings. The van der Waals surface area contributed by atoms with Crippen LogP contribution >= 0.6 is 0 Å². The van der Waals surface area contributed by atoms with E-state index in [1.165, 1.54) is 44.9 Å². The lowest BCUT2D eigenvalue weighted by molar-refractivity contribution is 0.161. The van der Waals surface area contributed by atoms with Gasteiger partial charge in [0.15, 0.2) is 0 Å². The van der Waals surface area contributed by atoms with Gasteiger partial charge in [-0.15, -0.1) is 0 Å². The van der Waals surface area contributed by atoms with E-state index in [2.05, 4.69) is 44.9 Å². The summed E-state index contributed by atoms with van der Waals surface area (Å²) in [6.07, 6.45) is 14.1. The van der Waals surface area contributed by atoms with Gasteiger partial charge in [0.1, 0.15) is 0 Å². The smallest absolute Gasteiger partial charge is 0.0130 e. The van der Waals surface area contributed by atoms with Crippen LogP contribution in [0, 0.1) is 5.92 Å². The molecule has 0 heterocycles. The third kappa shape index (κ3) is 5.25. The fourth-order valence-electron chi connectivity index (χ4n) is 2.62. The molecule has 1 rings (SSSR count). The summed E-state index contributed by atoms with van der Waals surface area (Å²) < 4.78 is 0. The van der Waals surface area contributed by atoms with Gasteiger partial charge >= 0.3 is 0 Å². The first-order valence-corrected chi connectivity index (χ1v) is 7.52. The molecule has 0 aromatic heterocycles. The van der Waals surface area contributed by atoms with E-state index in [-0.39, 0.29) is 0 Å². The molecule has 0 saturated carbocycles. The summed E-state index contributed by atoms with van der Waals surface area (Å²) >= 11 is 0. The van der Waals surface area contributed by atoms with Crippen LogP contribution in [0.1, 0.15) is 65.7 Å². The Bertz CT molecular complexity index is 222. The van der Waals surface area contributed by atoms with E-state index < -0.39 is 0 Å². The molecule has 1 unspecified atom stereocenters. The van der Waals surface area contributed by atoms with Crippen LogP contribution in [0.25, 0.3) is 0 Å². The van der Waals surface area contributed by atoms with Gasteiger partial charge in [0, 0.05) is 12.1 Å². The maximum Gasteiger partial charge on any atom is 0.0130 e. The summed E-state index contributed by atoms with van der Waals surface area (Å²) in [4.78, 5) is 2.62. The Kier molecular flexibility index (Phi) is 6.87. The summed E-state index contributed by atoms with van der Waals surface area (Å²) in [6.45, 7) is 7.08. The van der Waals surface area contributed by atoms with E-state index in [1.54, 1.807) is 0 Å². The van der Waals surface area contributed by atoms with Gasteiger partial charge in [0.05, 0.1) is 0 Å². The molecule has 0 N–H and O–H groups in total. The zero-order valence-electron chi connectivity index (χ0n) is 12.3. The zero-order chi connectivity index (χ0) is 12.7. The molecule has 3 atom stereocenters. The SMILES string of the molecule is CCC(C)CC[C@@H](C)N(C)[C@@H]1CC=CCCC1. The fraction of sp³-hybridized carbons (Fsp3) is 0.875. The van der Waals surface area contributed by atoms with E-state index in [1.807, 2.05) is 0 Å². The second-order valence-corrected chi connectivity index (χ2v) is 5.90. The topological polar surface area (TPSA) is 3.24 Å². The molecule has 17 heavy (non-hydrogen) atoms. The number of hydrogen-bond acceptors (Lipinski definition) is 1. The Hall–Kier alpha value is -0.300. The van der Waals surface area contributed by atoms with Crippen LogP contribution in [-0.4, -0.2) is 24.0 Å². The Morgan fingerprint density at radius 3 is 2.71 bits per heavy atom. The van der Waals surface area contributed by atoms with Gasteiger partial charge in [-0.2, -0.15) is 0 Å². The second-order valence-electron chi connectivity index (χ2n) is 5.90. The van der Waals surface area contributed by atoms with E-state index in [9.17, 15) is 0 Å². The maximum atomic E-state index is 2.62. The van der Waals surface area contributed by atoms with Gasteiger partial charge in [-0.25, -0.2) is 0 Å². The van der Waals surface area contributed by atoms with Crippen LogP contribution in [0.4, 0.5) is 0 Å². The van der Waals surface area contributed by atoms with Crippen molar-refractivity contribution in [2.75, 3.05) is 7.05 Å². The predicted molar refractivity (Wildman–Crippen MR) is 77.3 cm³/mol. The minimum absolute atomic E-state index is 0.737. The van der Waals surface area contributed by atoms with Gasteiger partial charge in [-0.05, 0) is 58.4 Å². The quantitative estimate of drug-likeness (QED) is 0.609. The highest BCUT2D eigenvalue weighted by atomic mass is 15.1. The Labute approximate surface area is 108 Å². The lowest BCUT2D eigenvalue weighted by Crippen LogP contribution is -2.38. The molecule has 0 saturated heterocycles. The fourth-order valence-corrected chi connectivity index (χ4v) is 2.62. The first kappa shape index (κ1) is 14.8. The maximum absolute atomic E-state index is 2.62. The van der Waals surface area contributed by atoms with Gasteiger partial charge in [0.25, 0.3) is 0 Å². The minimum atomic E-state index is 0.737. The van der Waals surface area contributed by atoms with Crippen molar-refractivity contribution in [3.05, 3.63) is 12.2 Å². The van der Waals surface area contributed by atoms with Crippen LogP contribution < -0.4 is 0 Å². The molecular weight excluding hydrogens is 206 g/mol. The number of allylic oxidation sites excluding steroid dienone is 1. The molecule has 1 heteroatoms. The van der Waals surface area contributed by atoms with Crippen molar-refractivity contribution < 1.29 is 0 Å². The van der Waals surface area contributed by atoms with Crippen molar-refractivity contribution in [3.8, 4) is 0 Å². The highest BCUT2D eigenvalue weighted by Crippen LogP contribution is 2.21. The standard InChI is InChI=1S/C16H31N/c1-5-14(2)12-13-15(3)17(4)16-10-8-6-7-9-11-16/h6,8,14-16H,5,7,9-13H2,1-4H3/t14?,15-,16-/m1/s1. The molecule has 0 fully saturated rings. The second kappa shape index (κ2) is 7.92. The van der Waals surface area contributed by atoms with Gasteiger partial charge in [0.2, 0.25) is 0 Å². The van der Waals surface area contributed by atoms with E-state index in [4.69, 9.17) is 0 Å². The number of hydrogen-bond donors (Lipinski definition) is 0. The molecule has 0 spiro atoms. The molecular formula is C16H31N. The zero-order valence-corrected chi connectivity index (χ0v) is 12.3. The number of nitrogens with zero attached hydrogens (tertiary/aromatic N) is 1. The molecule has 0 aromatic carbocycles. The highest BCUT2D eigenvalue weighted by Gasteiger charge is 2.19. The summed E-state index contributed by atoms with van der Waals surface area (Å²) in [5.41, 5.74) is 0. The first-order chi connectivity index (χ1) is 8.15. The average Bonchev–Trinajstić information content (AvgIpc) is 2.63. The molecule has 100 valence electrons. The van der Waals surface area contributed by atoms with E-state index in [0.29, 0.717) is 0 Å². The average molecular weight is 237 g/mol. The van der Waals surface area contributed by atoms with Crippen LogP contribution in [-0.2, 0) is 0 Å². The minimum Gasteiger partial charge on any atom is -0.300 e. The van der Waals surface area contributed by atoms with Gasteiger partial charge < -0.3 is 4.90 Å². The highest BCUT2D eigenvalue weighted by molar-refractivity contribution is 4.91. The summed E-state index contributed by atoms with van der Waals surface area (Å²) in [7, 11) is 2.32. The largest absolute Gasteiger partial charge is 0.300 e. The monoisotopic (exact) mass is 237 g/mol. The Morgan fingerprint density at radius 2 is 2.00 bits per heavy atom. The van der Waals surface area contributed by atoms with Crippen LogP contribution in [0.3, 0.4) is 0 Å². The third-order valence-corrected chi connectivity index (χ3v) is 4.53. The Morgan fingerprint density at radius 1 is 1.24 bits per heavy atom. The van der Waals surface area contributed by atoms with Crippen molar-refractivity contribution in [3.63, 3.8) is 0 Å². The van der Waals surface area contributed by atoms with Crippen molar-refractivity contribution in [1.82, 2.24) is 4.90 Å². The molecule has 0 aromatic rings. The van der Waals surface area contributed by atoms with E-state index in [0.717, 1.165) is 18.0 Å². The van der Waals surface area contributed by atoms with Crippen molar-refractivity contribution in [2.45, 2.75) is 77.8 Å². The summed E-state index contributed by atoms with van der Waals surface area (Å²) in [5.74, 6) is 0.889. The molecule has 1 aliphatic carbocycles. The molecule has 0 aliphatic heterocycles. The summed E-state index contributed by atoms with van der Waals surface area (Å²) in [6, 6.07) is 1.51. The van der Waals surface area contributed by atoms with E-state index >= 15 is 0 Å². The normalized spacial score (nSPS) is 24.6. The Balaban J connectivity index is 2.34.